The molecule has 0 radical (unpaired) electrons. The minimum Gasteiger partial charge on any atom is -0.385 e. The van der Waals surface area contributed by atoms with Gasteiger partial charge in [-0.3, -0.25) is 4.79 Å². The monoisotopic (exact) mass is 245 g/mol. The zero-order chi connectivity index (χ0) is 12.6. The number of aromatic amines is 1. The van der Waals surface area contributed by atoms with Gasteiger partial charge in [0.15, 0.2) is 0 Å². The van der Waals surface area contributed by atoms with Gasteiger partial charge in [0.2, 0.25) is 0 Å². The minimum absolute atomic E-state index is 0.154. The first-order chi connectivity index (χ1) is 8.66. The lowest BCUT2D eigenvalue weighted by Gasteiger charge is -2.37. The zero-order valence-electron chi connectivity index (χ0n) is 9.86. The molecule has 1 aromatic carbocycles. The average molecular weight is 245 g/mol. The molecular formula is C13H15N3O2. The van der Waals surface area contributed by atoms with Crippen LogP contribution in [0.3, 0.4) is 0 Å². The minimum atomic E-state index is -0.784. The number of hydrogen-bond donors (Lipinski definition) is 4. The van der Waals surface area contributed by atoms with E-state index in [4.69, 9.17) is 0 Å². The third-order valence-electron chi connectivity index (χ3n) is 3.30. The summed E-state index contributed by atoms with van der Waals surface area (Å²) < 4.78 is 0. The number of carbonyl (C=O) groups excluding carboxylic acids is 1. The summed E-state index contributed by atoms with van der Waals surface area (Å²) in [4.78, 5) is 15.0. The van der Waals surface area contributed by atoms with Crippen molar-refractivity contribution in [1.82, 2.24) is 15.6 Å². The van der Waals surface area contributed by atoms with E-state index < -0.39 is 5.60 Å². The van der Waals surface area contributed by atoms with Crippen LogP contribution in [0.5, 0.6) is 0 Å². The number of amides is 1. The van der Waals surface area contributed by atoms with Gasteiger partial charge in [-0.1, -0.05) is 0 Å². The number of benzene rings is 1. The van der Waals surface area contributed by atoms with E-state index in [9.17, 15) is 9.90 Å². The Labute approximate surface area is 104 Å². The second kappa shape index (κ2) is 4.12. The topological polar surface area (TPSA) is 77.2 Å². The number of β-amino-alcohol motifs (C(OH)–C–C–N with tert-alkyl or cyclic N) is 1. The van der Waals surface area contributed by atoms with Gasteiger partial charge in [0.05, 0.1) is 0 Å². The van der Waals surface area contributed by atoms with Gasteiger partial charge in [0.25, 0.3) is 5.91 Å². The molecule has 4 N–H and O–H groups in total. The zero-order valence-corrected chi connectivity index (χ0v) is 9.86. The van der Waals surface area contributed by atoms with Crippen LogP contribution in [0.1, 0.15) is 10.4 Å². The maximum Gasteiger partial charge on any atom is 0.251 e. The summed E-state index contributed by atoms with van der Waals surface area (Å²) in [5.41, 5.74) is 0.833. The number of fused-ring (bicyclic) bond motifs is 1. The van der Waals surface area contributed by atoms with Crippen molar-refractivity contribution in [2.75, 3.05) is 19.6 Å². The van der Waals surface area contributed by atoms with Gasteiger partial charge >= 0.3 is 0 Å². The van der Waals surface area contributed by atoms with Crippen molar-refractivity contribution in [3.05, 3.63) is 36.0 Å². The fourth-order valence-electron chi connectivity index (χ4n) is 2.08. The fraction of sp³-hybridized carbons (Fsp3) is 0.308. The molecule has 1 aliphatic rings. The number of rotatable bonds is 3. The summed E-state index contributed by atoms with van der Waals surface area (Å²) in [5, 5.41) is 16.6. The molecule has 5 nitrogen and oxygen atoms in total. The SMILES string of the molecule is O=C(NCC1(O)CNC1)c1ccc2[nH]ccc2c1. The van der Waals surface area contributed by atoms with Crippen LogP contribution in [0, 0.1) is 0 Å². The molecular weight excluding hydrogens is 230 g/mol. The van der Waals surface area contributed by atoms with Crippen molar-refractivity contribution in [2.45, 2.75) is 5.60 Å². The Bertz CT molecular complexity index is 587. The van der Waals surface area contributed by atoms with Gasteiger partial charge < -0.3 is 20.7 Å². The molecule has 0 bridgehead atoms. The number of carbonyl (C=O) groups is 1. The van der Waals surface area contributed by atoms with Crippen LogP contribution >= 0.6 is 0 Å². The second-order valence-corrected chi connectivity index (χ2v) is 4.79. The molecule has 94 valence electrons. The van der Waals surface area contributed by atoms with Crippen molar-refractivity contribution in [2.24, 2.45) is 0 Å². The molecule has 3 rings (SSSR count). The lowest BCUT2D eigenvalue weighted by Crippen LogP contribution is -2.64. The van der Waals surface area contributed by atoms with E-state index in [0.717, 1.165) is 10.9 Å². The van der Waals surface area contributed by atoms with E-state index in [1.54, 1.807) is 6.07 Å². The number of aliphatic hydroxyl groups is 1. The average Bonchev–Trinajstić information content (AvgIpc) is 2.80. The summed E-state index contributed by atoms with van der Waals surface area (Å²) >= 11 is 0. The van der Waals surface area contributed by atoms with Crippen molar-refractivity contribution >= 4 is 16.8 Å². The maximum atomic E-state index is 11.9. The molecule has 2 aromatic rings. The third-order valence-corrected chi connectivity index (χ3v) is 3.30. The highest BCUT2D eigenvalue weighted by atomic mass is 16.3. The number of hydrogen-bond acceptors (Lipinski definition) is 3. The van der Waals surface area contributed by atoms with Crippen LogP contribution in [0.25, 0.3) is 10.9 Å². The van der Waals surface area contributed by atoms with Crippen LogP contribution in [0.15, 0.2) is 30.5 Å². The predicted octanol–water partition coefficient (Wildman–Crippen LogP) is 0.232. The largest absolute Gasteiger partial charge is 0.385 e. The highest BCUT2D eigenvalue weighted by Gasteiger charge is 2.34. The Morgan fingerprint density at radius 2 is 2.22 bits per heavy atom. The fourth-order valence-corrected chi connectivity index (χ4v) is 2.08. The third kappa shape index (κ3) is 1.98. The molecule has 2 heterocycles. The molecule has 1 aliphatic heterocycles. The second-order valence-electron chi connectivity index (χ2n) is 4.79. The lowest BCUT2D eigenvalue weighted by atomic mass is 9.97. The van der Waals surface area contributed by atoms with Crippen LogP contribution in [0.2, 0.25) is 0 Å². The molecule has 0 atom stereocenters. The van der Waals surface area contributed by atoms with Crippen LogP contribution in [0.4, 0.5) is 0 Å². The molecule has 1 saturated heterocycles. The van der Waals surface area contributed by atoms with Crippen molar-refractivity contribution < 1.29 is 9.90 Å². The Balaban J connectivity index is 1.71. The highest BCUT2D eigenvalue weighted by Crippen LogP contribution is 2.14. The molecule has 18 heavy (non-hydrogen) atoms. The summed E-state index contributed by atoms with van der Waals surface area (Å²) in [7, 11) is 0. The molecule has 0 saturated carbocycles. The summed E-state index contributed by atoms with van der Waals surface area (Å²) in [6, 6.07) is 7.42. The van der Waals surface area contributed by atoms with E-state index >= 15 is 0 Å². The first kappa shape index (κ1) is 11.3. The van der Waals surface area contributed by atoms with Crippen LogP contribution in [-0.2, 0) is 0 Å². The quantitative estimate of drug-likeness (QED) is 0.625. The highest BCUT2D eigenvalue weighted by molar-refractivity contribution is 5.98. The molecule has 0 aliphatic carbocycles. The van der Waals surface area contributed by atoms with Gasteiger partial charge in [0.1, 0.15) is 5.60 Å². The van der Waals surface area contributed by atoms with Crippen LogP contribution in [-0.4, -0.2) is 41.2 Å². The van der Waals surface area contributed by atoms with E-state index in [1.807, 2.05) is 24.4 Å². The smallest absolute Gasteiger partial charge is 0.251 e. The van der Waals surface area contributed by atoms with E-state index in [1.165, 1.54) is 0 Å². The summed E-state index contributed by atoms with van der Waals surface area (Å²) in [6.07, 6.45) is 1.84. The molecule has 5 heteroatoms. The van der Waals surface area contributed by atoms with Crippen molar-refractivity contribution in [3.63, 3.8) is 0 Å². The first-order valence-electron chi connectivity index (χ1n) is 5.95. The van der Waals surface area contributed by atoms with Gasteiger partial charge in [0, 0.05) is 42.3 Å². The number of H-pyrrole nitrogens is 1. The molecule has 1 aromatic heterocycles. The van der Waals surface area contributed by atoms with Gasteiger partial charge in [-0.25, -0.2) is 0 Å². The van der Waals surface area contributed by atoms with Crippen molar-refractivity contribution in [1.29, 1.82) is 0 Å². The number of aromatic nitrogens is 1. The van der Waals surface area contributed by atoms with E-state index in [0.29, 0.717) is 18.7 Å². The molecule has 1 fully saturated rings. The maximum absolute atomic E-state index is 11.9. The van der Waals surface area contributed by atoms with E-state index in [2.05, 4.69) is 15.6 Å². The van der Waals surface area contributed by atoms with Gasteiger partial charge in [-0.05, 0) is 24.3 Å². The Hall–Kier alpha value is -1.85. The predicted molar refractivity (Wildman–Crippen MR) is 68.5 cm³/mol. The Morgan fingerprint density at radius 3 is 2.94 bits per heavy atom. The van der Waals surface area contributed by atoms with Crippen LogP contribution < -0.4 is 10.6 Å². The molecule has 0 spiro atoms. The summed E-state index contributed by atoms with van der Waals surface area (Å²) in [5.74, 6) is -0.154. The van der Waals surface area contributed by atoms with Gasteiger partial charge in [-0.2, -0.15) is 0 Å². The molecule has 0 unspecified atom stereocenters. The van der Waals surface area contributed by atoms with Gasteiger partial charge in [-0.15, -0.1) is 0 Å². The lowest BCUT2D eigenvalue weighted by molar-refractivity contribution is -0.00759. The Kier molecular flexibility index (Phi) is 2.57. The normalized spacial score (nSPS) is 17.4. The first-order valence-corrected chi connectivity index (χ1v) is 5.95. The summed E-state index contributed by atoms with van der Waals surface area (Å²) in [6.45, 7) is 1.35. The molecule has 1 amide bonds. The van der Waals surface area contributed by atoms with E-state index in [-0.39, 0.29) is 12.5 Å². The standard InChI is InChI=1S/C13H15N3O2/c17-12(16-8-13(18)6-14-7-13)10-1-2-11-9(5-10)3-4-15-11/h1-5,14-15,18H,6-8H2,(H,16,17). The van der Waals surface area contributed by atoms with Crippen molar-refractivity contribution in [3.8, 4) is 0 Å². The Morgan fingerprint density at radius 1 is 1.39 bits per heavy atom. The number of nitrogens with one attached hydrogen (secondary N) is 3.